The van der Waals surface area contributed by atoms with Crippen molar-refractivity contribution in [2.45, 2.75) is 45.4 Å². The minimum Gasteiger partial charge on any atom is -0.465 e. The van der Waals surface area contributed by atoms with Gasteiger partial charge in [-0.3, -0.25) is 14.4 Å². The molecule has 0 atom stereocenters. The molecule has 0 bridgehead atoms. The minimum absolute atomic E-state index is 0.0374. The van der Waals surface area contributed by atoms with Gasteiger partial charge in [-0.2, -0.15) is 0 Å². The van der Waals surface area contributed by atoms with E-state index in [-0.39, 0.29) is 32.3 Å². The Morgan fingerprint density at radius 3 is 2.35 bits per heavy atom. The number of rotatable bonds is 9. The van der Waals surface area contributed by atoms with Crippen LogP contribution in [0.15, 0.2) is 24.3 Å². The summed E-state index contributed by atoms with van der Waals surface area (Å²) < 4.78 is 4.95. The fourth-order valence-corrected chi connectivity index (χ4v) is 1.75. The minimum atomic E-state index is -0.809. The number of hydrogen-bond acceptors (Lipinski definition) is 6. The predicted octanol–water partition coefficient (Wildman–Crippen LogP) is 1.83. The third-order valence-electron chi connectivity index (χ3n) is 2.95. The second-order valence-electron chi connectivity index (χ2n) is 4.83. The van der Waals surface area contributed by atoms with Gasteiger partial charge < -0.3 is 9.57 Å². The van der Waals surface area contributed by atoms with E-state index in [9.17, 15) is 19.2 Å². The smallest absolute Gasteiger partial charge is 0.333 e. The molecule has 1 aliphatic heterocycles. The van der Waals surface area contributed by atoms with Crippen LogP contribution in [0.25, 0.3) is 0 Å². The summed E-state index contributed by atoms with van der Waals surface area (Å²) in [6.45, 7) is 2.18. The zero-order valence-corrected chi connectivity index (χ0v) is 13.2. The van der Waals surface area contributed by atoms with Crippen molar-refractivity contribution in [1.29, 1.82) is 0 Å². The van der Waals surface area contributed by atoms with Crippen molar-refractivity contribution in [3.8, 4) is 0 Å². The molecular formula is C16H21NO6. The first kappa shape index (κ1) is 18.6. The lowest BCUT2D eigenvalue weighted by molar-refractivity contribution is -0.197. The highest BCUT2D eigenvalue weighted by atomic mass is 16.7. The molecule has 126 valence electrons. The first-order valence-corrected chi connectivity index (χ1v) is 7.53. The molecule has 7 nitrogen and oxygen atoms in total. The van der Waals surface area contributed by atoms with Crippen molar-refractivity contribution >= 4 is 23.8 Å². The Labute approximate surface area is 134 Å². The average molecular weight is 323 g/mol. The zero-order valence-electron chi connectivity index (χ0n) is 13.2. The van der Waals surface area contributed by atoms with E-state index in [1.54, 1.807) is 0 Å². The summed E-state index contributed by atoms with van der Waals surface area (Å²) in [5.41, 5.74) is 0. The van der Waals surface area contributed by atoms with Gasteiger partial charge in [0.05, 0.1) is 19.4 Å². The highest BCUT2D eigenvalue weighted by Crippen LogP contribution is 2.13. The van der Waals surface area contributed by atoms with E-state index in [1.165, 1.54) is 0 Å². The second kappa shape index (κ2) is 10.3. The summed E-state index contributed by atoms with van der Waals surface area (Å²) in [5, 5.41) is 0.462. The Balaban J connectivity index is 2.13. The van der Waals surface area contributed by atoms with Crippen LogP contribution in [0.2, 0.25) is 0 Å². The number of esters is 1. The van der Waals surface area contributed by atoms with Gasteiger partial charge in [0.1, 0.15) is 0 Å². The zero-order chi connectivity index (χ0) is 17.1. The van der Waals surface area contributed by atoms with Crippen molar-refractivity contribution in [2.75, 3.05) is 6.61 Å². The van der Waals surface area contributed by atoms with E-state index in [1.807, 2.05) is 31.2 Å². The number of ether oxygens (including phenoxy) is 1. The molecule has 0 N–H and O–H groups in total. The van der Waals surface area contributed by atoms with Gasteiger partial charge in [-0.25, -0.2) is 4.79 Å². The molecule has 0 aromatic heterocycles. The fraction of sp³-hybridized carbons (Fsp3) is 0.500. The second-order valence-corrected chi connectivity index (χ2v) is 4.83. The molecule has 0 spiro atoms. The van der Waals surface area contributed by atoms with Crippen molar-refractivity contribution in [2.24, 2.45) is 0 Å². The number of imide groups is 1. The first-order chi connectivity index (χ1) is 11.0. The Morgan fingerprint density at radius 1 is 1.04 bits per heavy atom. The molecule has 1 saturated heterocycles. The summed E-state index contributed by atoms with van der Waals surface area (Å²) in [5.74, 6) is -2.43. The van der Waals surface area contributed by atoms with Crippen LogP contribution in [-0.4, -0.2) is 35.4 Å². The van der Waals surface area contributed by atoms with Crippen LogP contribution < -0.4 is 0 Å². The fourth-order valence-electron chi connectivity index (χ4n) is 1.75. The third kappa shape index (κ3) is 7.39. The van der Waals surface area contributed by atoms with Gasteiger partial charge in [-0.15, -0.1) is 5.06 Å². The van der Waals surface area contributed by atoms with E-state index in [2.05, 4.69) is 4.84 Å². The maximum atomic E-state index is 11.5. The van der Waals surface area contributed by atoms with E-state index in [0.29, 0.717) is 11.5 Å². The van der Waals surface area contributed by atoms with Crippen LogP contribution in [-0.2, 0) is 28.8 Å². The Hall–Kier alpha value is -2.44. The molecular weight excluding hydrogens is 302 g/mol. The van der Waals surface area contributed by atoms with Gasteiger partial charge in [0.25, 0.3) is 11.8 Å². The van der Waals surface area contributed by atoms with Gasteiger partial charge in [0.2, 0.25) is 0 Å². The Bertz CT molecular complexity index is 493. The molecule has 1 fully saturated rings. The summed E-state index contributed by atoms with van der Waals surface area (Å²) in [6.07, 6.45) is 8.95. The van der Waals surface area contributed by atoms with Gasteiger partial charge in [-0.05, 0) is 19.8 Å². The van der Waals surface area contributed by atoms with Crippen LogP contribution in [0.1, 0.15) is 45.4 Å². The van der Waals surface area contributed by atoms with Crippen LogP contribution in [0, 0.1) is 0 Å². The van der Waals surface area contributed by atoms with Crippen molar-refractivity contribution < 1.29 is 28.8 Å². The topological polar surface area (TPSA) is 90.0 Å². The maximum Gasteiger partial charge on any atom is 0.333 e. The summed E-state index contributed by atoms with van der Waals surface area (Å²) in [6, 6.07) is 0. The molecule has 0 radical (unpaired) electrons. The number of allylic oxidation sites excluding steroid dienone is 3. The molecule has 0 aliphatic carbocycles. The summed E-state index contributed by atoms with van der Waals surface area (Å²) in [4.78, 5) is 50.1. The van der Waals surface area contributed by atoms with Crippen LogP contribution in [0.4, 0.5) is 0 Å². The standard InChI is InChI=1S/C16H21NO6/c1-2-3-4-5-6-7-12-22-15(20)10-11-16(21)23-17-13(18)8-9-14(17)19/h2-3,5-6H,4,7-12H2,1H3/b3-2-,6-5+. The predicted molar refractivity (Wildman–Crippen MR) is 80.6 cm³/mol. The average Bonchev–Trinajstić information content (AvgIpc) is 2.84. The first-order valence-electron chi connectivity index (χ1n) is 7.53. The van der Waals surface area contributed by atoms with Crippen LogP contribution >= 0.6 is 0 Å². The van der Waals surface area contributed by atoms with Crippen molar-refractivity contribution in [3.05, 3.63) is 24.3 Å². The normalized spacial score (nSPS) is 14.9. The molecule has 0 aromatic carbocycles. The lowest BCUT2D eigenvalue weighted by atomic mass is 10.3. The third-order valence-corrected chi connectivity index (χ3v) is 2.95. The molecule has 1 aliphatic rings. The van der Waals surface area contributed by atoms with Gasteiger partial charge in [0.15, 0.2) is 0 Å². The Kier molecular flexibility index (Phi) is 8.34. The highest BCUT2D eigenvalue weighted by Gasteiger charge is 2.32. The number of hydrogen-bond donors (Lipinski definition) is 0. The summed E-state index contributed by atoms with van der Waals surface area (Å²) in [7, 11) is 0. The molecule has 0 unspecified atom stereocenters. The Morgan fingerprint density at radius 2 is 1.70 bits per heavy atom. The van der Waals surface area contributed by atoms with E-state index in [0.717, 1.165) is 6.42 Å². The maximum absolute atomic E-state index is 11.5. The van der Waals surface area contributed by atoms with E-state index in [4.69, 9.17) is 4.74 Å². The molecule has 0 aromatic rings. The van der Waals surface area contributed by atoms with Crippen molar-refractivity contribution in [3.63, 3.8) is 0 Å². The van der Waals surface area contributed by atoms with Crippen LogP contribution in [0.5, 0.6) is 0 Å². The molecule has 1 heterocycles. The molecule has 23 heavy (non-hydrogen) atoms. The number of amides is 2. The number of carbonyl (C=O) groups is 4. The van der Waals surface area contributed by atoms with E-state index >= 15 is 0 Å². The lowest BCUT2D eigenvalue weighted by Gasteiger charge is -2.12. The number of nitrogens with zero attached hydrogens (tertiary/aromatic N) is 1. The molecule has 1 rings (SSSR count). The summed E-state index contributed by atoms with van der Waals surface area (Å²) >= 11 is 0. The lowest BCUT2D eigenvalue weighted by Crippen LogP contribution is -2.32. The largest absolute Gasteiger partial charge is 0.465 e. The van der Waals surface area contributed by atoms with E-state index < -0.39 is 23.8 Å². The van der Waals surface area contributed by atoms with Gasteiger partial charge in [0, 0.05) is 12.8 Å². The van der Waals surface area contributed by atoms with Crippen molar-refractivity contribution in [1.82, 2.24) is 5.06 Å². The molecule has 7 heteroatoms. The quantitative estimate of drug-likeness (QED) is 0.278. The molecule has 2 amide bonds. The van der Waals surface area contributed by atoms with Gasteiger partial charge in [-0.1, -0.05) is 24.3 Å². The van der Waals surface area contributed by atoms with Gasteiger partial charge >= 0.3 is 11.9 Å². The van der Waals surface area contributed by atoms with Crippen LogP contribution in [0.3, 0.4) is 0 Å². The number of carbonyl (C=O) groups excluding carboxylic acids is 4. The molecule has 0 saturated carbocycles. The monoisotopic (exact) mass is 323 g/mol. The number of hydroxylamine groups is 2. The SMILES string of the molecule is C/C=C\C/C=C/CCOC(=O)CCC(=O)ON1C(=O)CCC1=O. The highest BCUT2D eigenvalue weighted by molar-refractivity contribution is 6.01.